The molecule has 0 saturated carbocycles. The zero-order valence-corrected chi connectivity index (χ0v) is 7.85. The molecule has 0 aromatic heterocycles. The molecule has 0 unspecified atom stereocenters. The zero-order chi connectivity index (χ0) is 9.97. The second-order valence-electron chi connectivity index (χ2n) is 3.21. The molecule has 1 heterocycles. The number of nitrogens with zero attached hydrogens (tertiary/aromatic N) is 1. The van der Waals surface area contributed by atoms with Crippen LogP contribution in [0.2, 0.25) is 0 Å². The average Bonchev–Trinajstić information content (AvgIpc) is 2.21. The van der Waals surface area contributed by atoms with Gasteiger partial charge < -0.3 is 10.6 Å². The Balaban J connectivity index is 2.24. The SMILES string of the molecule is C=C1C=CN(c2ccc(N)cc2)C=C1. The molecule has 0 amide bonds. The number of anilines is 2. The van der Waals surface area contributed by atoms with E-state index in [1.807, 2.05) is 53.7 Å². The molecule has 1 aliphatic rings. The fourth-order valence-corrected chi connectivity index (χ4v) is 1.28. The standard InChI is InChI=1S/C12H12N2/c1-10-6-8-14(9-7-10)12-4-2-11(13)3-5-12/h2-9H,1,13H2. The number of rotatable bonds is 1. The molecule has 1 aromatic rings. The van der Waals surface area contributed by atoms with Crippen LogP contribution in [-0.2, 0) is 0 Å². The number of benzene rings is 1. The van der Waals surface area contributed by atoms with Crippen molar-refractivity contribution < 1.29 is 0 Å². The van der Waals surface area contributed by atoms with Crippen LogP contribution in [0.3, 0.4) is 0 Å². The summed E-state index contributed by atoms with van der Waals surface area (Å²) in [4.78, 5) is 2.02. The van der Waals surface area contributed by atoms with E-state index in [4.69, 9.17) is 5.73 Å². The third-order valence-corrected chi connectivity index (χ3v) is 2.09. The highest BCUT2D eigenvalue weighted by Gasteiger charge is 2.01. The van der Waals surface area contributed by atoms with Gasteiger partial charge in [-0.05, 0) is 42.0 Å². The summed E-state index contributed by atoms with van der Waals surface area (Å²) in [6.07, 6.45) is 7.90. The normalized spacial score (nSPS) is 14.9. The smallest absolute Gasteiger partial charge is 0.0450 e. The van der Waals surface area contributed by atoms with Crippen molar-refractivity contribution in [2.24, 2.45) is 0 Å². The van der Waals surface area contributed by atoms with Gasteiger partial charge in [0, 0.05) is 23.8 Å². The maximum absolute atomic E-state index is 5.61. The second-order valence-corrected chi connectivity index (χ2v) is 3.21. The van der Waals surface area contributed by atoms with Crippen molar-refractivity contribution in [2.45, 2.75) is 0 Å². The molecule has 0 radical (unpaired) electrons. The molecular weight excluding hydrogens is 172 g/mol. The van der Waals surface area contributed by atoms with E-state index in [2.05, 4.69) is 6.58 Å². The third kappa shape index (κ3) is 1.69. The van der Waals surface area contributed by atoms with Gasteiger partial charge in [-0.3, -0.25) is 0 Å². The third-order valence-electron chi connectivity index (χ3n) is 2.09. The first-order valence-corrected chi connectivity index (χ1v) is 4.45. The predicted octanol–water partition coefficient (Wildman–Crippen LogP) is 2.67. The van der Waals surface area contributed by atoms with Crippen molar-refractivity contribution in [1.82, 2.24) is 0 Å². The molecule has 14 heavy (non-hydrogen) atoms. The van der Waals surface area contributed by atoms with E-state index in [-0.39, 0.29) is 0 Å². The van der Waals surface area contributed by atoms with Crippen molar-refractivity contribution in [3.05, 3.63) is 61.0 Å². The number of nitrogens with two attached hydrogens (primary N) is 1. The van der Waals surface area contributed by atoms with Crippen LogP contribution in [0.4, 0.5) is 11.4 Å². The summed E-state index contributed by atoms with van der Waals surface area (Å²) in [6, 6.07) is 7.75. The van der Waals surface area contributed by atoms with E-state index < -0.39 is 0 Å². The van der Waals surface area contributed by atoms with Crippen LogP contribution < -0.4 is 10.6 Å². The lowest BCUT2D eigenvalue weighted by Gasteiger charge is -2.18. The summed E-state index contributed by atoms with van der Waals surface area (Å²) in [7, 11) is 0. The lowest BCUT2D eigenvalue weighted by molar-refractivity contribution is 1.25. The Labute approximate surface area is 83.6 Å². The molecule has 0 spiro atoms. The van der Waals surface area contributed by atoms with Gasteiger partial charge in [0.25, 0.3) is 0 Å². The average molecular weight is 184 g/mol. The van der Waals surface area contributed by atoms with E-state index in [0.29, 0.717) is 0 Å². The minimum Gasteiger partial charge on any atom is -0.399 e. The lowest BCUT2D eigenvalue weighted by atomic mass is 10.2. The van der Waals surface area contributed by atoms with Gasteiger partial charge in [0.2, 0.25) is 0 Å². The first-order chi connectivity index (χ1) is 6.75. The van der Waals surface area contributed by atoms with Crippen LogP contribution >= 0.6 is 0 Å². The van der Waals surface area contributed by atoms with E-state index in [0.717, 1.165) is 16.9 Å². The summed E-state index contributed by atoms with van der Waals surface area (Å²) < 4.78 is 0. The molecule has 2 nitrogen and oxygen atoms in total. The minimum absolute atomic E-state index is 0.781. The Morgan fingerprint density at radius 1 is 1.00 bits per heavy atom. The molecule has 70 valence electrons. The summed E-state index contributed by atoms with van der Waals surface area (Å²) in [6.45, 7) is 3.84. The van der Waals surface area contributed by atoms with Crippen LogP contribution in [-0.4, -0.2) is 0 Å². The summed E-state index contributed by atoms with van der Waals surface area (Å²) in [5.74, 6) is 0. The van der Waals surface area contributed by atoms with Crippen molar-refractivity contribution in [3.63, 3.8) is 0 Å². The molecule has 2 N–H and O–H groups in total. The predicted molar refractivity (Wildman–Crippen MR) is 60.8 cm³/mol. The Kier molecular flexibility index (Phi) is 2.11. The maximum atomic E-state index is 5.61. The quantitative estimate of drug-likeness (QED) is 0.680. The highest BCUT2D eigenvalue weighted by atomic mass is 15.1. The summed E-state index contributed by atoms with van der Waals surface area (Å²) in [5, 5.41) is 0. The van der Waals surface area contributed by atoms with Crippen LogP contribution in [0, 0.1) is 0 Å². The van der Waals surface area contributed by atoms with Crippen molar-refractivity contribution in [3.8, 4) is 0 Å². The van der Waals surface area contributed by atoms with E-state index >= 15 is 0 Å². The van der Waals surface area contributed by atoms with Crippen LogP contribution in [0.25, 0.3) is 0 Å². The fraction of sp³-hybridized carbons (Fsp3) is 0. The van der Waals surface area contributed by atoms with Gasteiger partial charge >= 0.3 is 0 Å². The fourth-order valence-electron chi connectivity index (χ4n) is 1.28. The first kappa shape index (κ1) is 8.63. The Bertz CT molecular complexity index is 383. The molecule has 2 heteroatoms. The number of hydrogen-bond donors (Lipinski definition) is 1. The molecule has 1 aliphatic heterocycles. The van der Waals surface area contributed by atoms with Gasteiger partial charge in [0.1, 0.15) is 0 Å². The Morgan fingerprint density at radius 3 is 2.14 bits per heavy atom. The topological polar surface area (TPSA) is 29.3 Å². The zero-order valence-electron chi connectivity index (χ0n) is 7.85. The monoisotopic (exact) mass is 184 g/mol. The van der Waals surface area contributed by atoms with E-state index in [9.17, 15) is 0 Å². The molecule has 1 aromatic carbocycles. The lowest BCUT2D eigenvalue weighted by Crippen LogP contribution is -2.09. The van der Waals surface area contributed by atoms with Crippen molar-refractivity contribution in [2.75, 3.05) is 10.6 Å². The summed E-state index contributed by atoms with van der Waals surface area (Å²) in [5.41, 5.74) is 8.50. The second kappa shape index (κ2) is 3.42. The highest BCUT2D eigenvalue weighted by molar-refractivity contribution is 5.59. The van der Waals surface area contributed by atoms with E-state index in [1.54, 1.807) is 0 Å². The van der Waals surface area contributed by atoms with Gasteiger partial charge in [0.15, 0.2) is 0 Å². The molecule has 0 fully saturated rings. The van der Waals surface area contributed by atoms with Gasteiger partial charge in [-0.1, -0.05) is 6.58 Å². The largest absolute Gasteiger partial charge is 0.399 e. The highest BCUT2D eigenvalue weighted by Crippen LogP contribution is 2.19. The molecule has 0 atom stereocenters. The van der Waals surface area contributed by atoms with Crippen molar-refractivity contribution >= 4 is 11.4 Å². The van der Waals surface area contributed by atoms with Crippen LogP contribution in [0.1, 0.15) is 0 Å². The number of allylic oxidation sites excluding steroid dienone is 3. The summed E-state index contributed by atoms with van der Waals surface area (Å²) >= 11 is 0. The number of hydrogen-bond acceptors (Lipinski definition) is 2. The first-order valence-electron chi connectivity index (χ1n) is 4.45. The van der Waals surface area contributed by atoms with Gasteiger partial charge in [-0.15, -0.1) is 0 Å². The molecule has 0 aliphatic carbocycles. The Hall–Kier alpha value is -1.96. The Morgan fingerprint density at radius 2 is 1.57 bits per heavy atom. The van der Waals surface area contributed by atoms with Crippen molar-refractivity contribution in [1.29, 1.82) is 0 Å². The van der Waals surface area contributed by atoms with E-state index in [1.165, 1.54) is 0 Å². The van der Waals surface area contributed by atoms with Gasteiger partial charge in [0.05, 0.1) is 0 Å². The molecule has 2 rings (SSSR count). The number of nitrogen functional groups attached to an aromatic ring is 1. The van der Waals surface area contributed by atoms with Crippen LogP contribution in [0.5, 0.6) is 0 Å². The molecule has 0 saturated heterocycles. The van der Waals surface area contributed by atoms with Gasteiger partial charge in [-0.2, -0.15) is 0 Å². The minimum atomic E-state index is 0.781. The maximum Gasteiger partial charge on any atom is 0.0450 e. The van der Waals surface area contributed by atoms with Gasteiger partial charge in [-0.25, -0.2) is 0 Å². The van der Waals surface area contributed by atoms with Crippen LogP contribution in [0.15, 0.2) is 61.0 Å². The molecule has 0 bridgehead atoms. The molecular formula is C12H12N2.